The molecule has 0 saturated carbocycles. The van der Waals surface area contributed by atoms with Crippen LogP contribution >= 0.6 is 0 Å². The molecule has 4 rings (SSSR count). The van der Waals surface area contributed by atoms with E-state index in [2.05, 4.69) is 14.8 Å². The molecule has 0 aromatic carbocycles. The molecular formula is C13H17F2N3. The van der Waals surface area contributed by atoms with E-state index in [9.17, 15) is 8.78 Å². The van der Waals surface area contributed by atoms with Gasteiger partial charge in [0.25, 0.3) is 6.43 Å². The molecule has 0 unspecified atom stereocenters. The zero-order valence-corrected chi connectivity index (χ0v) is 10.2. The molecular weight excluding hydrogens is 236 g/mol. The van der Waals surface area contributed by atoms with Gasteiger partial charge in [0.1, 0.15) is 5.69 Å². The van der Waals surface area contributed by atoms with Crippen molar-refractivity contribution < 1.29 is 8.78 Å². The average Bonchev–Trinajstić information content (AvgIpc) is 2.72. The molecule has 0 aliphatic carbocycles. The first-order valence-electron chi connectivity index (χ1n) is 6.47. The average molecular weight is 253 g/mol. The summed E-state index contributed by atoms with van der Waals surface area (Å²) in [5.74, 6) is 0. The second kappa shape index (κ2) is 4.80. The fourth-order valence-electron chi connectivity index (χ4n) is 2.96. The number of hydrogen-bond acceptors (Lipinski definition) is 3. The van der Waals surface area contributed by atoms with Gasteiger partial charge in [-0.05, 0) is 25.0 Å². The molecule has 1 aromatic rings. The number of anilines is 1. The van der Waals surface area contributed by atoms with Crippen LogP contribution in [-0.2, 0) is 0 Å². The Kier molecular flexibility index (Phi) is 3.16. The first-order chi connectivity index (χ1) is 8.74. The number of halogens is 2. The van der Waals surface area contributed by atoms with E-state index in [4.69, 9.17) is 0 Å². The third-order valence-corrected chi connectivity index (χ3v) is 3.97. The van der Waals surface area contributed by atoms with Crippen LogP contribution in [0, 0.1) is 0 Å². The van der Waals surface area contributed by atoms with Crippen molar-refractivity contribution in [2.45, 2.75) is 25.3 Å². The van der Waals surface area contributed by atoms with Crippen molar-refractivity contribution in [1.82, 2.24) is 9.88 Å². The second-order valence-corrected chi connectivity index (χ2v) is 5.01. The molecule has 5 heteroatoms. The smallest absolute Gasteiger partial charge is 0.280 e. The molecule has 0 N–H and O–H groups in total. The van der Waals surface area contributed by atoms with E-state index in [1.54, 1.807) is 6.07 Å². The fraction of sp³-hybridized carbons (Fsp3) is 0.615. The Labute approximate surface area is 105 Å². The van der Waals surface area contributed by atoms with Crippen LogP contribution in [0.2, 0.25) is 0 Å². The largest absolute Gasteiger partial charge is 0.367 e. The molecule has 0 spiro atoms. The van der Waals surface area contributed by atoms with Crippen LogP contribution in [0.1, 0.15) is 25.0 Å². The van der Waals surface area contributed by atoms with Crippen LogP contribution in [0.4, 0.5) is 14.5 Å². The summed E-state index contributed by atoms with van der Waals surface area (Å²) in [5.41, 5.74) is 0.778. The minimum atomic E-state index is -2.49. The molecule has 3 aliphatic rings. The van der Waals surface area contributed by atoms with Crippen molar-refractivity contribution in [1.29, 1.82) is 0 Å². The number of piperidine rings is 1. The summed E-state index contributed by atoms with van der Waals surface area (Å²) >= 11 is 0. The third-order valence-electron chi connectivity index (χ3n) is 3.97. The van der Waals surface area contributed by atoms with E-state index in [1.807, 2.05) is 6.07 Å². The quantitative estimate of drug-likeness (QED) is 0.806. The maximum Gasteiger partial charge on any atom is 0.280 e. The number of nitrogens with zero attached hydrogens (tertiary/aromatic N) is 3. The number of pyridine rings is 1. The Hall–Kier alpha value is -1.23. The Morgan fingerprint density at radius 2 is 1.94 bits per heavy atom. The molecule has 4 heterocycles. The number of hydrogen-bond donors (Lipinski definition) is 0. The van der Waals surface area contributed by atoms with E-state index in [1.165, 1.54) is 6.20 Å². The van der Waals surface area contributed by atoms with E-state index >= 15 is 0 Å². The first kappa shape index (κ1) is 11.8. The van der Waals surface area contributed by atoms with Gasteiger partial charge in [-0.25, -0.2) is 8.78 Å². The highest BCUT2D eigenvalue weighted by molar-refractivity contribution is 5.48. The van der Waals surface area contributed by atoms with Crippen molar-refractivity contribution >= 4 is 5.69 Å². The van der Waals surface area contributed by atoms with Crippen molar-refractivity contribution in [3.05, 3.63) is 24.0 Å². The Bertz CT molecular complexity index is 416. The molecule has 3 fully saturated rings. The zero-order chi connectivity index (χ0) is 12.5. The summed E-state index contributed by atoms with van der Waals surface area (Å²) in [6.45, 7) is 4.22. The van der Waals surface area contributed by atoms with Crippen molar-refractivity contribution in [3.8, 4) is 0 Å². The molecule has 0 radical (unpaired) electrons. The van der Waals surface area contributed by atoms with Gasteiger partial charge in [0, 0.05) is 44.1 Å². The lowest BCUT2D eigenvalue weighted by molar-refractivity contribution is 0.146. The van der Waals surface area contributed by atoms with E-state index < -0.39 is 6.43 Å². The molecule has 3 nitrogen and oxygen atoms in total. The van der Waals surface area contributed by atoms with Gasteiger partial charge in [-0.2, -0.15) is 0 Å². The molecule has 0 atom stereocenters. The third kappa shape index (κ3) is 2.19. The highest BCUT2D eigenvalue weighted by Gasteiger charge is 2.29. The summed E-state index contributed by atoms with van der Waals surface area (Å²) < 4.78 is 25.4. The van der Waals surface area contributed by atoms with Gasteiger partial charge >= 0.3 is 0 Å². The number of alkyl halides is 2. The van der Waals surface area contributed by atoms with Crippen LogP contribution in [0.25, 0.3) is 0 Å². The molecule has 0 amide bonds. The number of rotatable bonds is 2. The molecule has 2 bridgehead atoms. The molecule has 98 valence electrons. The highest BCUT2D eigenvalue weighted by atomic mass is 19.3. The van der Waals surface area contributed by atoms with Gasteiger partial charge in [0.05, 0.1) is 0 Å². The first-order valence-corrected chi connectivity index (χ1v) is 6.47. The molecule has 3 aliphatic heterocycles. The Morgan fingerprint density at radius 1 is 1.17 bits per heavy atom. The lowest BCUT2D eigenvalue weighted by Crippen LogP contribution is -2.37. The summed E-state index contributed by atoms with van der Waals surface area (Å²) in [4.78, 5) is 8.46. The summed E-state index contributed by atoms with van der Waals surface area (Å²) in [7, 11) is 0. The molecule has 18 heavy (non-hydrogen) atoms. The van der Waals surface area contributed by atoms with Gasteiger partial charge in [-0.3, -0.25) is 4.98 Å². The Morgan fingerprint density at radius 3 is 2.67 bits per heavy atom. The van der Waals surface area contributed by atoms with Crippen LogP contribution in [0.3, 0.4) is 0 Å². The minimum absolute atomic E-state index is 0.119. The second-order valence-electron chi connectivity index (χ2n) is 5.01. The SMILES string of the molecule is FC(F)c1cc(N2CCN3CCC2CC3)ccn1. The highest BCUT2D eigenvalue weighted by Crippen LogP contribution is 2.28. The van der Waals surface area contributed by atoms with E-state index in [-0.39, 0.29) is 5.69 Å². The fourth-order valence-corrected chi connectivity index (χ4v) is 2.96. The van der Waals surface area contributed by atoms with Gasteiger partial charge < -0.3 is 9.80 Å². The lowest BCUT2D eigenvalue weighted by atomic mass is 10.0. The maximum atomic E-state index is 12.7. The topological polar surface area (TPSA) is 19.4 Å². The zero-order valence-electron chi connectivity index (χ0n) is 10.2. The summed E-state index contributed by atoms with van der Waals surface area (Å²) in [6.07, 6.45) is 1.27. The van der Waals surface area contributed by atoms with Gasteiger partial charge in [0.15, 0.2) is 0 Å². The molecule has 3 saturated heterocycles. The van der Waals surface area contributed by atoms with Crippen LogP contribution in [0.5, 0.6) is 0 Å². The van der Waals surface area contributed by atoms with E-state index in [0.29, 0.717) is 6.04 Å². The predicted octanol–water partition coefficient (Wildman–Crippen LogP) is 2.30. The molecule has 1 aromatic heterocycles. The predicted molar refractivity (Wildman–Crippen MR) is 66.0 cm³/mol. The van der Waals surface area contributed by atoms with Crippen molar-refractivity contribution in [3.63, 3.8) is 0 Å². The normalized spacial score (nSPS) is 27.6. The minimum Gasteiger partial charge on any atom is -0.367 e. The standard InChI is InChI=1S/C13H17F2N3/c14-13(15)12-9-11(1-4-16-12)18-8-7-17-5-2-10(18)3-6-17/h1,4,9-10,13H,2-3,5-8H2. The van der Waals surface area contributed by atoms with Crippen LogP contribution in [0.15, 0.2) is 18.3 Å². The van der Waals surface area contributed by atoms with Crippen LogP contribution in [-0.4, -0.2) is 42.1 Å². The van der Waals surface area contributed by atoms with Gasteiger partial charge in [-0.1, -0.05) is 0 Å². The Balaban J connectivity index is 1.87. The van der Waals surface area contributed by atoms with Crippen molar-refractivity contribution in [2.24, 2.45) is 0 Å². The van der Waals surface area contributed by atoms with Gasteiger partial charge in [0.2, 0.25) is 0 Å². The number of aromatic nitrogens is 1. The van der Waals surface area contributed by atoms with Gasteiger partial charge in [-0.15, -0.1) is 0 Å². The lowest BCUT2D eigenvalue weighted by Gasteiger charge is -2.33. The van der Waals surface area contributed by atoms with Crippen LogP contribution < -0.4 is 4.90 Å². The van der Waals surface area contributed by atoms with Crippen molar-refractivity contribution in [2.75, 3.05) is 31.1 Å². The van der Waals surface area contributed by atoms with E-state index in [0.717, 1.165) is 44.7 Å². The summed E-state index contributed by atoms with van der Waals surface area (Å²) in [6, 6.07) is 3.88. The summed E-state index contributed by atoms with van der Waals surface area (Å²) in [5, 5.41) is 0. The monoisotopic (exact) mass is 253 g/mol. The number of fused-ring (bicyclic) bond motifs is 4. The maximum absolute atomic E-state index is 12.7.